The normalized spacial score (nSPS) is 11.7. The van der Waals surface area contributed by atoms with Crippen molar-refractivity contribution < 1.29 is 22.7 Å². The Morgan fingerprint density at radius 2 is 1.66 bits per heavy atom. The summed E-state index contributed by atoms with van der Waals surface area (Å²) < 4.78 is 31.9. The second-order valence-electron chi connectivity index (χ2n) is 9.83. The van der Waals surface area contributed by atoms with E-state index in [0.29, 0.717) is 27.8 Å². The minimum atomic E-state index is -3.61. The van der Waals surface area contributed by atoms with Crippen LogP contribution in [-0.2, 0) is 15.4 Å². The predicted molar refractivity (Wildman–Crippen MR) is 149 cm³/mol. The van der Waals surface area contributed by atoms with Gasteiger partial charge < -0.3 is 20.4 Å². The third-order valence-electron chi connectivity index (χ3n) is 5.78. The van der Waals surface area contributed by atoms with Crippen molar-refractivity contribution in [2.24, 2.45) is 0 Å². The van der Waals surface area contributed by atoms with E-state index in [0.717, 1.165) is 11.8 Å². The highest BCUT2D eigenvalue weighted by Crippen LogP contribution is 2.39. The number of hydrogen-bond donors (Lipinski definition) is 4. The van der Waals surface area contributed by atoms with E-state index in [1.165, 1.54) is 13.3 Å². The molecule has 0 aliphatic rings. The van der Waals surface area contributed by atoms with E-state index in [-0.39, 0.29) is 28.5 Å². The maximum atomic E-state index is 13.3. The molecule has 4 aromatic rings. The van der Waals surface area contributed by atoms with E-state index in [2.05, 4.69) is 25.3 Å². The number of benzene rings is 2. The number of hydrogen-bond acceptors (Lipinski definition) is 6. The van der Waals surface area contributed by atoms with Crippen molar-refractivity contribution in [2.45, 2.75) is 26.2 Å². The van der Waals surface area contributed by atoms with Gasteiger partial charge in [0.2, 0.25) is 10.0 Å². The van der Waals surface area contributed by atoms with Gasteiger partial charge in [-0.2, -0.15) is 0 Å². The van der Waals surface area contributed by atoms with E-state index in [1.807, 2.05) is 26.8 Å². The summed E-state index contributed by atoms with van der Waals surface area (Å²) >= 11 is 0. The van der Waals surface area contributed by atoms with Gasteiger partial charge in [-0.3, -0.25) is 19.3 Å². The Kier molecular flexibility index (Phi) is 7.14. The highest BCUT2D eigenvalue weighted by atomic mass is 32.2. The lowest BCUT2D eigenvalue weighted by atomic mass is 9.86. The maximum absolute atomic E-state index is 13.3. The summed E-state index contributed by atoms with van der Waals surface area (Å²) in [5, 5.41) is 6.40. The molecule has 0 saturated heterocycles. The first-order valence-electron chi connectivity index (χ1n) is 11.7. The predicted octanol–water partition coefficient (Wildman–Crippen LogP) is 4.75. The van der Waals surface area contributed by atoms with Crippen molar-refractivity contribution in [1.82, 2.24) is 9.97 Å². The van der Waals surface area contributed by atoms with Gasteiger partial charge in [0.05, 0.1) is 41.5 Å². The number of rotatable bonds is 7. The number of pyridine rings is 1. The van der Waals surface area contributed by atoms with Crippen LogP contribution in [0.25, 0.3) is 10.9 Å². The minimum absolute atomic E-state index is 0.178. The van der Waals surface area contributed by atoms with Crippen molar-refractivity contribution in [3.8, 4) is 5.75 Å². The van der Waals surface area contributed by atoms with Gasteiger partial charge in [0.15, 0.2) is 5.75 Å². The zero-order chi connectivity index (χ0) is 27.7. The summed E-state index contributed by atoms with van der Waals surface area (Å²) in [6, 6.07) is 13.8. The molecule has 0 unspecified atom stereocenters. The minimum Gasteiger partial charge on any atom is -0.492 e. The average molecular weight is 536 g/mol. The van der Waals surface area contributed by atoms with Crippen LogP contribution in [0.1, 0.15) is 47.2 Å². The van der Waals surface area contributed by atoms with Crippen molar-refractivity contribution in [2.75, 3.05) is 28.7 Å². The van der Waals surface area contributed by atoms with E-state index >= 15 is 0 Å². The number of carbonyl (C=O) groups excluding carboxylic acids is 2. The SMILES string of the molecule is COc1c(NC(=O)c2cc3cccc(NC(=O)c4cccnc4)c3[nH]2)cc(C(C)(C)C)cc1NS(C)(=O)=O. The second kappa shape index (κ2) is 10.2. The molecule has 0 atom stereocenters. The van der Waals surface area contributed by atoms with Crippen LogP contribution in [0.5, 0.6) is 5.75 Å². The summed E-state index contributed by atoms with van der Waals surface area (Å²) in [5.74, 6) is -0.626. The molecule has 38 heavy (non-hydrogen) atoms. The molecule has 0 bridgehead atoms. The number of carbonyl (C=O) groups is 2. The van der Waals surface area contributed by atoms with Crippen molar-refractivity contribution >= 4 is 49.8 Å². The lowest BCUT2D eigenvalue weighted by Gasteiger charge is -2.23. The Morgan fingerprint density at radius 3 is 2.29 bits per heavy atom. The zero-order valence-corrected chi connectivity index (χ0v) is 22.5. The first-order valence-corrected chi connectivity index (χ1v) is 13.6. The van der Waals surface area contributed by atoms with Crippen LogP contribution in [0.2, 0.25) is 0 Å². The third-order valence-corrected chi connectivity index (χ3v) is 6.37. The summed E-state index contributed by atoms with van der Waals surface area (Å²) in [7, 11) is -2.21. The number of ether oxygens (including phenoxy) is 1. The van der Waals surface area contributed by atoms with E-state index in [4.69, 9.17) is 4.74 Å². The fourth-order valence-electron chi connectivity index (χ4n) is 3.91. The van der Waals surface area contributed by atoms with Crippen LogP contribution in [0, 0.1) is 0 Å². The summed E-state index contributed by atoms with van der Waals surface area (Å²) in [6.45, 7) is 5.93. The van der Waals surface area contributed by atoms with Crippen molar-refractivity contribution in [3.63, 3.8) is 0 Å². The number of para-hydroxylation sites is 1. The molecular weight excluding hydrogens is 506 g/mol. The van der Waals surface area contributed by atoms with Gasteiger partial charge in [-0.15, -0.1) is 0 Å². The van der Waals surface area contributed by atoms with Crippen molar-refractivity contribution in [1.29, 1.82) is 0 Å². The molecule has 2 heterocycles. The van der Waals surface area contributed by atoms with Gasteiger partial charge >= 0.3 is 0 Å². The summed E-state index contributed by atoms with van der Waals surface area (Å²) in [5.41, 5.74) is 2.68. The monoisotopic (exact) mass is 535 g/mol. The molecule has 0 fully saturated rings. The molecule has 11 heteroatoms. The molecule has 0 radical (unpaired) electrons. The maximum Gasteiger partial charge on any atom is 0.272 e. The molecule has 198 valence electrons. The topological polar surface area (TPSA) is 142 Å². The molecule has 4 rings (SSSR count). The van der Waals surface area contributed by atoms with Gasteiger partial charge in [0.25, 0.3) is 11.8 Å². The van der Waals surface area contributed by atoms with Gasteiger partial charge in [-0.05, 0) is 47.4 Å². The highest BCUT2D eigenvalue weighted by Gasteiger charge is 2.23. The smallest absolute Gasteiger partial charge is 0.272 e. The lowest BCUT2D eigenvalue weighted by molar-refractivity contribution is 0.101. The first-order chi connectivity index (χ1) is 17.9. The largest absolute Gasteiger partial charge is 0.492 e. The molecule has 2 aromatic carbocycles. The number of nitrogens with one attached hydrogen (secondary N) is 4. The number of aromatic nitrogens is 2. The van der Waals surface area contributed by atoms with Crippen molar-refractivity contribution in [3.05, 3.63) is 77.7 Å². The zero-order valence-electron chi connectivity index (χ0n) is 21.7. The quantitative estimate of drug-likeness (QED) is 0.269. The van der Waals surface area contributed by atoms with Crippen LogP contribution in [0.15, 0.2) is 60.9 Å². The van der Waals surface area contributed by atoms with Crippen LogP contribution in [0.3, 0.4) is 0 Å². The number of sulfonamides is 1. The summed E-state index contributed by atoms with van der Waals surface area (Å²) in [4.78, 5) is 33.0. The summed E-state index contributed by atoms with van der Waals surface area (Å²) in [6.07, 6.45) is 4.10. The molecule has 0 saturated carbocycles. The van der Waals surface area contributed by atoms with Gasteiger partial charge in [-0.1, -0.05) is 32.9 Å². The molecular formula is C27H29N5O5S. The lowest BCUT2D eigenvalue weighted by Crippen LogP contribution is -2.18. The number of amides is 2. The molecule has 0 aliphatic carbocycles. The Labute approximate surface area is 220 Å². The molecule has 10 nitrogen and oxygen atoms in total. The number of methoxy groups -OCH3 is 1. The van der Waals surface area contributed by atoms with E-state index in [1.54, 1.807) is 48.7 Å². The van der Waals surface area contributed by atoms with Gasteiger partial charge in [0.1, 0.15) is 5.69 Å². The standard InChI is InChI=1S/C27H29N5O5S/c1-27(2,3)18-13-20(24(37-4)21(14-18)32-38(5,35)36)31-26(34)22-12-16-8-6-10-19(23(16)29-22)30-25(33)17-9-7-11-28-15-17/h6-15,29,32H,1-5H3,(H,30,33)(H,31,34). The molecule has 2 aromatic heterocycles. The number of fused-ring (bicyclic) bond motifs is 1. The third kappa shape index (κ3) is 5.94. The Hall–Kier alpha value is -4.38. The van der Waals surface area contributed by atoms with Crippen LogP contribution in [-0.4, -0.2) is 43.6 Å². The second-order valence-corrected chi connectivity index (χ2v) is 11.6. The molecule has 0 spiro atoms. The van der Waals surface area contributed by atoms with Crippen LogP contribution < -0.4 is 20.1 Å². The van der Waals surface area contributed by atoms with Crippen LogP contribution >= 0.6 is 0 Å². The average Bonchev–Trinajstić information content (AvgIpc) is 3.28. The fourth-order valence-corrected chi connectivity index (χ4v) is 4.47. The molecule has 0 aliphatic heterocycles. The Bertz CT molecular complexity index is 1620. The fraction of sp³-hybridized carbons (Fsp3) is 0.222. The molecule has 4 N–H and O–H groups in total. The number of anilines is 3. The van der Waals surface area contributed by atoms with Gasteiger partial charge in [0, 0.05) is 17.8 Å². The Morgan fingerprint density at radius 1 is 0.947 bits per heavy atom. The molecule has 2 amide bonds. The first kappa shape index (κ1) is 26.7. The number of nitrogens with zero attached hydrogens (tertiary/aromatic N) is 1. The van der Waals surface area contributed by atoms with E-state index < -0.39 is 15.9 Å². The Balaban J connectivity index is 1.68. The number of H-pyrrole nitrogens is 1. The van der Waals surface area contributed by atoms with Crippen LogP contribution in [0.4, 0.5) is 17.1 Å². The van der Waals surface area contributed by atoms with E-state index in [9.17, 15) is 18.0 Å². The highest BCUT2D eigenvalue weighted by molar-refractivity contribution is 7.92. The van der Waals surface area contributed by atoms with Gasteiger partial charge in [-0.25, -0.2) is 8.42 Å². The number of aromatic amines is 1.